The van der Waals surface area contributed by atoms with Gasteiger partial charge in [0.2, 0.25) is 6.41 Å². The number of halogens is 4. The van der Waals surface area contributed by atoms with Crippen LogP contribution in [0.15, 0.2) is 66.7 Å². The van der Waals surface area contributed by atoms with Crippen LogP contribution in [0.3, 0.4) is 0 Å². The van der Waals surface area contributed by atoms with Gasteiger partial charge in [0, 0.05) is 18.7 Å². The molecule has 0 fully saturated rings. The topological polar surface area (TPSA) is 78.5 Å². The molecule has 4 rings (SSSR count). The Kier molecular flexibility index (Phi) is 6.54. The summed E-state index contributed by atoms with van der Waals surface area (Å²) in [6, 6.07) is 13.5. The van der Waals surface area contributed by atoms with Crippen LogP contribution in [0.25, 0.3) is 11.1 Å². The summed E-state index contributed by atoms with van der Waals surface area (Å²) in [6.45, 7) is 0.179. The summed E-state index contributed by atoms with van der Waals surface area (Å²) >= 11 is 0. The maximum Gasteiger partial charge on any atom is 0.417 e. The smallest absolute Gasteiger partial charge is 0.332 e. The highest BCUT2D eigenvalue weighted by molar-refractivity contribution is 5.98. The summed E-state index contributed by atoms with van der Waals surface area (Å²) in [4.78, 5) is 36.9. The molecule has 6 nitrogen and oxygen atoms in total. The lowest BCUT2D eigenvalue weighted by Gasteiger charge is -2.25. The molecule has 0 aliphatic carbocycles. The molecule has 1 aliphatic heterocycles. The monoisotopic (exact) mass is 485 g/mol. The summed E-state index contributed by atoms with van der Waals surface area (Å²) in [5, 5.41) is 4.54. The van der Waals surface area contributed by atoms with Gasteiger partial charge in [-0.1, -0.05) is 48.5 Å². The highest BCUT2D eigenvalue weighted by Gasteiger charge is 2.34. The quantitative estimate of drug-likeness (QED) is 0.394. The lowest BCUT2D eigenvalue weighted by Crippen LogP contribution is -2.42. The number of imide groups is 1. The van der Waals surface area contributed by atoms with E-state index in [9.17, 15) is 31.9 Å². The fourth-order valence-electron chi connectivity index (χ4n) is 4.07. The van der Waals surface area contributed by atoms with Gasteiger partial charge in [-0.25, -0.2) is 9.18 Å². The van der Waals surface area contributed by atoms with Crippen molar-refractivity contribution in [3.05, 3.63) is 94.8 Å². The summed E-state index contributed by atoms with van der Waals surface area (Å²) < 4.78 is 53.8. The minimum Gasteiger partial charge on any atom is -0.332 e. The van der Waals surface area contributed by atoms with Gasteiger partial charge in [0.1, 0.15) is 5.82 Å². The van der Waals surface area contributed by atoms with Crippen molar-refractivity contribution < 1.29 is 31.9 Å². The summed E-state index contributed by atoms with van der Waals surface area (Å²) in [7, 11) is 0. The predicted octanol–water partition coefficient (Wildman–Crippen LogP) is 4.66. The second kappa shape index (κ2) is 9.57. The molecular formula is C25H19F4N3O3. The van der Waals surface area contributed by atoms with E-state index in [1.165, 1.54) is 47.4 Å². The number of fused-ring (bicyclic) bond motifs is 1. The Morgan fingerprint density at radius 1 is 1.03 bits per heavy atom. The SMILES string of the molecule is O=CNC(=O)N[C@@H](CN1Cc2ccc(F)cc2C1=O)c1ccc(-c2ccccc2C(F)(F)F)cc1. The van der Waals surface area contributed by atoms with Gasteiger partial charge in [-0.3, -0.25) is 14.9 Å². The number of carbonyl (C=O) groups excluding carboxylic acids is 3. The zero-order valence-electron chi connectivity index (χ0n) is 18.1. The van der Waals surface area contributed by atoms with Gasteiger partial charge in [0.15, 0.2) is 0 Å². The minimum absolute atomic E-state index is 0.00181. The van der Waals surface area contributed by atoms with Crippen molar-refractivity contribution in [2.24, 2.45) is 0 Å². The standard InChI is InChI=1S/C25H19F4N3O3/c26-18-10-9-17-12-32(23(34)20(17)11-18)13-22(31-24(35)30-14-33)16-7-5-15(6-8-16)19-3-1-2-4-21(19)25(27,28)29/h1-11,14,22H,12-13H2,(H2,30,31,33,35)/t22-/m0/s1. The van der Waals surface area contributed by atoms with Crippen LogP contribution in [0.1, 0.15) is 33.1 Å². The number of hydrogen-bond donors (Lipinski definition) is 2. The summed E-state index contributed by atoms with van der Waals surface area (Å²) in [6.07, 6.45) is -4.33. The van der Waals surface area contributed by atoms with Crippen LogP contribution < -0.4 is 10.6 Å². The number of nitrogens with zero attached hydrogens (tertiary/aromatic N) is 1. The van der Waals surface area contributed by atoms with E-state index in [-0.39, 0.29) is 30.6 Å². The molecule has 0 saturated heterocycles. The van der Waals surface area contributed by atoms with E-state index >= 15 is 0 Å². The molecule has 4 amide bonds. The van der Waals surface area contributed by atoms with Gasteiger partial charge >= 0.3 is 12.2 Å². The first-order valence-corrected chi connectivity index (χ1v) is 10.5. The lowest BCUT2D eigenvalue weighted by molar-refractivity contribution is -0.137. The molecule has 0 aromatic heterocycles. The molecule has 10 heteroatoms. The van der Waals surface area contributed by atoms with Crippen LogP contribution in [0, 0.1) is 5.82 Å². The molecule has 0 unspecified atom stereocenters. The number of hydrogen-bond acceptors (Lipinski definition) is 3. The largest absolute Gasteiger partial charge is 0.417 e. The number of carbonyl (C=O) groups is 3. The number of rotatable bonds is 6. The van der Waals surface area contributed by atoms with Crippen LogP contribution in [-0.4, -0.2) is 29.8 Å². The molecule has 180 valence electrons. The average molecular weight is 485 g/mol. The second-order valence-corrected chi connectivity index (χ2v) is 7.94. The first kappa shape index (κ1) is 23.9. The third kappa shape index (κ3) is 5.16. The van der Waals surface area contributed by atoms with Gasteiger partial charge in [0.05, 0.1) is 11.6 Å². The number of amides is 4. The fourth-order valence-corrected chi connectivity index (χ4v) is 4.07. The second-order valence-electron chi connectivity index (χ2n) is 7.94. The van der Waals surface area contributed by atoms with Gasteiger partial charge in [-0.15, -0.1) is 0 Å². The summed E-state index contributed by atoms with van der Waals surface area (Å²) in [5.74, 6) is -0.966. The Labute approximate surface area is 197 Å². The predicted molar refractivity (Wildman–Crippen MR) is 118 cm³/mol. The van der Waals surface area contributed by atoms with Crippen molar-refractivity contribution >= 4 is 18.3 Å². The Balaban J connectivity index is 1.61. The summed E-state index contributed by atoms with van der Waals surface area (Å²) in [5.41, 5.74) is 0.890. The van der Waals surface area contributed by atoms with Crippen LogP contribution in [-0.2, 0) is 17.5 Å². The zero-order valence-corrected chi connectivity index (χ0v) is 18.1. The first-order valence-electron chi connectivity index (χ1n) is 10.5. The zero-order chi connectivity index (χ0) is 25.2. The number of benzene rings is 3. The molecule has 35 heavy (non-hydrogen) atoms. The van der Waals surface area contributed by atoms with Gasteiger partial charge in [0.25, 0.3) is 5.91 Å². The van der Waals surface area contributed by atoms with E-state index in [0.717, 1.165) is 12.1 Å². The molecule has 1 heterocycles. The molecular weight excluding hydrogens is 466 g/mol. The van der Waals surface area contributed by atoms with Crippen molar-refractivity contribution in [2.75, 3.05) is 6.54 Å². The van der Waals surface area contributed by atoms with E-state index in [4.69, 9.17) is 0 Å². The Morgan fingerprint density at radius 3 is 2.43 bits per heavy atom. The Morgan fingerprint density at radius 2 is 1.74 bits per heavy atom. The van der Waals surface area contributed by atoms with E-state index in [0.29, 0.717) is 16.7 Å². The van der Waals surface area contributed by atoms with Crippen LogP contribution in [0.2, 0.25) is 0 Å². The van der Waals surface area contributed by atoms with Gasteiger partial charge in [-0.05, 0) is 40.5 Å². The number of urea groups is 1. The number of alkyl halides is 3. The third-order valence-corrected chi connectivity index (χ3v) is 5.71. The van der Waals surface area contributed by atoms with E-state index in [1.54, 1.807) is 12.1 Å². The minimum atomic E-state index is -4.53. The van der Waals surface area contributed by atoms with Gasteiger partial charge in [-0.2, -0.15) is 13.2 Å². The van der Waals surface area contributed by atoms with E-state index in [1.807, 2.05) is 5.32 Å². The molecule has 1 atom stereocenters. The molecule has 3 aromatic carbocycles. The number of nitrogens with one attached hydrogen (secondary N) is 2. The Hall–Kier alpha value is -4.21. The highest BCUT2D eigenvalue weighted by Crippen LogP contribution is 2.37. The lowest BCUT2D eigenvalue weighted by atomic mass is 9.96. The fraction of sp³-hybridized carbons (Fsp3) is 0.160. The van der Waals surface area contributed by atoms with Crippen molar-refractivity contribution in [3.8, 4) is 11.1 Å². The van der Waals surface area contributed by atoms with Gasteiger partial charge < -0.3 is 10.2 Å². The maximum absolute atomic E-state index is 13.6. The molecule has 0 spiro atoms. The highest BCUT2D eigenvalue weighted by atomic mass is 19.4. The molecule has 3 aromatic rings. The molecule has 0 radical (unpaired) electrons. The van der Waals surface area contributed by atoms with Crippen LogP contribution in [0.4, 0.5) is 22.4 Å². The molecule has 0 bridgehead atoms. The van der Waals surface area contributed by atoms with E-state index in [2.05, 4.69) is 5.32 Å². The maximum atomic E-state index is 13.6. The van der Waals surface area contributed by atoms with Crippen molar-refractivity contribution in [1.29, 1.82) is 0 Å². The van der Waals surface area contributed by atoms with Crippen molar-refractivity contribution in [3.63, 3.8) is 0 Å². The van der Waals surface area contributed by atoms with Crippen molar-refractivity contribution in [1.82, 2.24) is 15.5 Å². The Bertz CT molecular complexity index is 1280. The third-order valence-electron chi connectivity index (χ3n) is 5.71. The normalized spacial score (nSPS) is 13.8. The molecule has 1 aliphatic rings. The van der Waals surface area contributed by atoms with Crippen LogP contribution >= 0.6 is 0 Å². The molecule has 0 saturated carbocycles. The van der Waals surface area contributed by atoms with E-state index < -0.39 is 35.5 Å². The van der Waals surface area contributed by atoms with Crippen LogP contribution in [0.5, 0.6) is 0 Å². The first-order chi connectivity index (χ1) is 16.7. The molecule has 2 N–H and O–H groups in total. The van der Waals surface area contributed by atoms with Crippen molar-refractivity contribution in [2.45, 2.75) is 18.8 Å². The average Bonchev–Trinajstić information content (AvgIpc) is 3.13.